The number of benzene rings is 2. The number of carbonyl (C=O) groups excluding carboxylic acids is 1. The molecule has 3 aromatic rings. The van der Waals surface area contributed by atoms with Gasteiger partial charge in [-0.2, -0.15) is 0 Å². The standard InChI is InChI=1S/C24H22BrNO4/c1-14-3-6-17(18(25)11-14)22(20-7-4-15(2)30-20)26-23(27)24(9-10-24)16-5-8-19-21(12-16)29-13-28-19/h3-8,11-12,22H,9-10,13H2,1-2H3,(H,26,27). The highest BCUT2D eigenvalue weighted by Gasteiger charge is 2.52. The highest BCUT2D eigenvalue weighted by atomic mass is 79.9. The summed E-state index contributed by atoms with van der Waals surface area (Å²) < 4.78 is 17.8. The number of carbonyl (C=O) groups is 1. The number of ether oxygens (including phenoxy) is 2. The van der Waals surface area contributed by atoms with Gasteiger partial charge in [-0.15, -0.1) is 0 Å². The van der Waals surface area contributed by atoms with Gasteiger partial charge in [-0.25, -0.2) is 0 Å². The fraction of sp³-hybridized carbons (Fsp3) is 0.292. The first-order valence-corrected chi connectivity index (χ1v) is 10.8. The quantitative estimate of drug-likeness (QED) is 0.551. The Morgan fingerprint density at radius 3 is 2.53 bits per heavy atom. The van der Waals surface area contributed by atoms with Crippen LogP contribution in [0.2, 0.25) is 0 Å². The monoisotopic (exact) mass is 467 g/mol. The third-order valence-corrected chi connectivity index (χ3v) is 6.58. The molecule has 5 rings (SSSR count). The molecule has 0 radical (unpaired) electrons. The summed E-state index contributed by atoms with van der Waals surface area (Å²) in [6.07, 6.45) is 1.61. The van der Waals surface area contributed by atoms with Crippen LogP contribution < -0.4 is 14.8 Å². The van der Waals surface area contributed by atoms with Gasteiger partial charge in [-0.05, 0) is 73.7 Å². The average Bonchev–Trinajstić information content (AvgIpc) is 3.20. The first-order chi connectivity index (χ1) is 14.5. The molecule has 1 saturated carbocycles. The van der Waals surface area contributed by atoms with Crippen LogP contribution in [0.5, 0.6) is 11.5 Å². The van der Waals surface area contributed by atoms with Crippen LogP contribution in [0.15, 0.2) is 57.4 Å². The van der Waals surface area contributed by atoms with Gasteiger partial charge in [-0.1, -0.05) is 34.1 Å². The van der Waals surface area contributed by atoms with Crippen LogP contribution in [0.25, 0.3) is 0 Å². The van der Waals surface area contributed by atoms with E-state index in [2.05, 4.69) is 27.3 Å². The smallest absolute Gasteiger partial charge is 0.231 e. The largest absolute Gasteiger partial charge is 0.464 e. The average molecular weight is 468 g/mol. The molecule has 5 nitrogen and oxygen atoms in total. The van der Waals surface area contributed by atoms with Crippen LogP contribution in [-0.2, 0) is 10.2 Å². The Morgan fingerprint density at radius 1 is 1.03 bits per heavy atom. The van der Waals surface area contributed by atoms with Gasteiger partial charge in [0.05, 0.1) is 5.41 Å². The molecule has 30 heavy (non-hydrogen) atoms. The van der Waals surface area contributed by atoms with Gasteiger partial charge in [0.15, 0.2) is 11.5 Å². The van der Waals surface area contributed by atoms with Crippen LogP contribution in [-0.4, -0.2) is 12.7 Å². The second-order valence-electron chi connectivity index (χ2n) is 8.03. The minimum atomic E-state index is -0.544. The van der Waals surface area contributed by atoms with E-state index in [4.69, 9.17) is 13.9 Å². The van der Waals surface area contributed by atoms with Gasteiger partial charge >= 0.3 is 0 Å². The second-order valence-corrected chi connectivity index (χ2v) is 8.88. The molecule has 6 heteroatoms. The first kappa shape index (κ1) is 19.2. The molecule has 1 aliphatic carbocycles. The summed E-state index contributed by atoms with van der Waals surface area (Å²) in [4.78, 5) is 13.5. The maximum atomic E-state index is 13.5. The molecule has 1 N–H and O–H groups in total. The zero-order valence-corrected chi connectivity index (χ0v) is 18.4. The van der Waals surface area contributed by atoms with E-state index in [0.717, 1.165) is 45.5 Å². The molecule has 0 spiro atoms. The third-order valence-electron chi connectivity index (χ3n) is 5.90. The second kappa shape index (κ2) is 7.20. The van der Waals surface area contributed by atoms with Crippen molar-refractivity contribution in [3.05, 3.63) is 81.2 Å². The van der Waals surface area contributed by atoms with Gasteiger partial charge in [-0.3, -0.25) is 4.79 Å². The van der Waals surface area contributed by atoms with Crippen molar-refractivity contribution in [2.24, 2.45) is 0 Å². The summed E-state index contributed by atoms with van der Waals surface area (Å²) in [6.45, 7) is 4.17. The first-order valence-electron chi connectivity index (χ1n) is 10.00. The molecule has 2 aliphatic rings. The van der Waals surface area contributed by atoms with Crippen molar-refractivity contribution in [1.82, 2.24) is 5.32 Å². The predicted octanol–water partition coefficient (Wildman–Crippen LogP) is 5.33. The molecular weight excluding hydrogens is 446 g/mol. The summed E-state index contributed by atoms with van der Waals surface area (Å²) in [5.74, 6) is 2.94. The molecule has 1 aromatic heterocycles. The highest BCUT2D eigenvalue weighted by Crippen LogP contribution is 2.51. The van der Waals surface area contributed by atoms with Crippen molar-refractivity contribution >= 4 is 21.8 Å². The molecule has 154 valence electrons. The Labute approximate surface area is 183 Å². The number of amides is 1. The van der Waals surface area contributed by atoms with Gasteiger partial charge < -0.3 is 19.2 Å². The number of nitrogens with one attached hydrogen (secondary N) is 1. The van der Waals surface area contributed by atoms with E-state index in [-0.39, 0.29) is 18.7 Å². The fourth-order valence-electron chi connectivity index (χ4n) is 4.01. The number of aryl methyl sites for hydroxylation is 2. The topological polar surface area (TPSA) is 60.7 Å². The van der Waals surface area contributed by atoms with Crippen LogP contribution in [0.1, 0.15) is 47.1 Å². The van der Waals surface area contributed by atoms with Crippen molar-refractivity contribution in [3.8, 4) is 11.5 Å². The number of hydrogen-bond acceptors (Lipinski definition) is 4. The van der Waals surface area contributed by atoms with Crippen LogP contribution >= 0.6 is 15.9 Å². The van der Waals surface area contributed by atoms with E-state index in [1.54, 1.807) is 0 Å². The Bertz CT molecular complexity index is 1130. The van der Waals surface area contributed by atoms with Crippen LogP contribution in [0, 0.1) is 13.8 Å². The van der Waals surface area contributed by atoms with Crippen molar-refractivity contribution in [2.45, 2.75) is 38.1 Å². The number of furan rings is 1. The lowest BCUT2D eigenvalue weighted by Crippen LogP contribution is -2.37. The van der Waals surface area contributed by atoms with Gasteiger partial charge in [0.25, 0.3) is 0 Å². The molecule has 2 heterocycles. The van der Waals surface area contributed by atoms with Gasteiger partial charge in [0.1, 0.15) is 17.6 Å². The number of hydrogen-bond donors (Lipinski definition) is 1. The normalized spacial score (nSPS) is 16.9. The molecule has 2 aromatic carbocycles. The van der Waals surface area contributed by atoms with E-state index in [0.29, 0.717) is 11.5 Å². The maximum Gasteiger partial charge on any atom is 0.231 e. The van der Waals surface area contributed by atoms with E-state index < -0.39 is 5.41 Å². The maximum absolute atomic E-state index is 13.5. The molecule has 1 amide bonds. The zero-order valence-electron chi connectivity index (χ0n) is 16.8. The Hall–Kier alpha value is -2.73. The summed E-state index contributed by atoms with van der Waals surface area (Å²) in [5, 5.41) is 3.26. The minimum Gasteiger partial charge on any atom is -0.464 e. The molecule has 0 bridgehead atoms. The number of halogens is 1. The van der Waals surface area contributed by atoms with E-state index in [9.17, 15) is 4.79 Å². The summed E-state index contributed by atoms with van der Waals surface area (Å²) in [6, 6.07) is 15.4. The molecule has 1 fully saturated rings. The van der Waals surface area contributed by atoms with E-state index in [1.807, 2.05) is 56.3 Å². The summed E-state index contributed by atoms with van der Waals surface area (Å²) in [7, 11) is 0. The van der Waals surface area contributed by atoms with Crippen molar-refractivity contribution in [3.63, 3.8) is 0 Å². The van der Waals surface area contributed by atoms with Crippen molar-refractivity contribution in [1.29, 1.82) is 0 Å². The van der Waals surface area contributed by atoms with E-state index in [1.165, 1.54) is 0 Å². The molecule has 1 unspecified atom stereocenters. The highest BCUT2D eigenvalue weighted by molar-refractivity contribution is 9.10. The Kier molecular flexibility index (Phi) is 4.62. The Morgan fingerprint density at radius 2 is 1.83 bits per heavy atom. The lowest BCUT2D eigenvalue weighted by molar-refractivity contribution is -0.124. The molecule has 0 saturated heterocycles. The molecule has 1 atom stereocenters. The molecule has 1 aliphatic heterocycles. The van der Waals surface area contributed by atoms with Gasteiger partial charge in [0, 0.05) is 4.47 Å². The lowest BCUT2D eigenvalue weighted by atomic mass is 9.93. The number of fused-ring (bicyclic) bond motifs is 1. The molecular formula is C24H22BrNO4. The predicted molar refractivity (Wildman–Crippen MR) is 116 cm³/mol. The number of rotatable bonds is 5. The zero-order chi connectivity index (χ0) is 20.9. The Balaban J connectivity index is 1.48. The lowest BCUT2D eigenvalue weighted by Gasteiger charge is -2.23. The van der Waals surface area contributed by atoms with E-state index >= 15 is 0 Å². The fourth-order valence-corrected chi connectivity index (χ4v) is 4.73. The summed E-state index contributed by atoms with van der Waals surface area (Å²) in [5.41, 5.74) is 2.52. The van der Waals surface area contributed by atoms with Gasteiger partial charge in [0.2, 0.25) is 12.7 Å². The van der Waals surface area contributed by atoms with Crippen molar-refractivity contribution < 1.29 is 18.7 Å². The summed E-state index contributed by atoms with van der Waals surface area (Å²) >= 11 is 3.66. The van der Waals surface area contributed by atoms with Crippen molar-refractivity contribution in [2.75, 3.05) is 6.79 Å². The van der Waals surface area contributed by atoms with Crippen LogP contribution in [0.3, 0.4) is 0 Å². The minimum absolute atomic E-state index is 0.00658. The SMILES string of the molecule is Cc1ccc(C(NC(=O)C2(c3ccc4c(c3)OCO4)CC2)c2ccc(C)o2)c(Br)c1. The third kappa shape index (κ3) is 3.29. The van der Waals surface area contributed by atoms with Crippen LogP contribution in [0.4, 0.5) is 0 Å².